The number of amides is 1. The zero-order valence-electron chi connectivity index (χ0n) is 11.8. The molecule has 21 heavy (non-hydrogen) atoms. The fourth-order valence-corrected chi connectivity index (χ4v) is 3.28. The van der Waals surface area contributed by atoms with Crippen LogP contribution in [0.15, 0.2) is 34.1 Å². The van der Waals surface area contributed by atoms with Crippen molar-refractivity contribution in [3.05, 3.63) is 44.6 Å². The number of ether oxygens (including phenoxy) is 2. The van der Waals surface area contributed by atoms with E-state index in [4.69, 9.17) is 9.47 Å². The zero-order valence-corrected chi connectivity index (χ0v) is 14.2. The summed E-state index contributed by atoms with van der Waals surface area (Å²) < 4.78 is 11.5. The number of hydrogen-bond acceptors (Lipinski definition) is 4. The lowest BCUT2D eigenvalue weighted by Gasteiger charge is -2.10. The van der Waals surface area contributed by atoms with Gasteiger partial charge in [0.2, 0.25) is 5.91 Å². The van der Waals surface area contributed by atoms with Gasteiger partial charge in [0.1, 0.15) is 11.5 Å². The quantitative estimate of drug-likeness (QED) is 0.848. The molecule has 0 bridgehead atoms. The normalized spacial score (nSPS) is 10.2. The van der Waals surface area contributed by atoms with Gasteiger partial charge in [-0.05, 0) is 40.2 Å². The third kappa shape index (κ3) is 4.47. The highest BCUT2D eigenvalue weighted by Gasteiger charge is 2.10. The van der Waals surface area contributed by atoms with Crippen LogP contribution >= 0.6 is 27.3 Å². The lowest BCUT2D eigenvalue weighted by molar-refractivity contribution is -0.120. The van der Waals surface area contributed by atoms with Crippen LogP contribution in [-0.4, -0.2) is 20.1 Å². The van der Waals surface area contributed by atoms with Crippen LogP contribution in [-0.2, 0) is 17.8 Å². The SMILES string of the molecule is COc1ccc(OC)c(CC(=O)NCc2cc(Br)cs2)c1. The molecule has 0 unspecified atom stereocenters. The second kappa shape index (κ2) is 7.47. The van der Waals surface area contributed by atoms with Gasteiger partial charge in [-0.3, -0.25) is 4.79 Å². The maximum Gasteiger partial charge on any atom is 0.224 e. The van der Waals surface area contributed by atoms with E-state index in [1.54, 1.807) is 31.6 Å². The lowest BCUT2D eigenvalue weighted by Crippen LogP contribution is -2.24. The molecule has 112 valence electrons. The molecule has 0 saturated heterocycles. The Morgan fingerprint density at radius 1 is 1.29 bits per heavy atom. The molecular weight excluding hydrogens is 354 g/mol. The molecule has 6 heteroatoms. The fraction of sp³-hybridized carbons (Fsp3) is 0.267. The van der Waals surface area contributed by atoms with Gasteiger partial charge in [0, 0.05) is 20.3 Å². The van der Waals surface area contributed by atoms with Crippen molar-refractivity contribution in [3.63, 3.8) is 0 Å². The molecule has 2 aromatic rings. The molecule has 1 aromatic heterocycles. The third-order valence-electron chi connectivity index (χ3n) is 2.92. The zero-order chi connectivity index (χ0) is 15.2. The van der Waals surface area contributed by atoms with E-state index in [-0.39, 0.29) is 12.3 Å². The van der Waals surface area contributed by atoms with Gasteiger partial charge in [0.15, 0.2) is 0 Å². The Balaban J connectivity index is 1.98. The molecule has 0 fully saturated rings. The Hall–Kier alpha value is -1.53. The average molecular weight is 370 g/mol. The van der Waals surface area contributed by atoms with Crippen LogP contribution in [0.1, 0.15) is 10.4 Å². The summed E-state index contributed by atoms with van der Waals surface area (Å²) in [6.45, 7) is 0.529. The van der Waals surface area contributed by atoms with Gasteiger partial charge in [-0.2, -0.15) is 0 Å². The Bertz CT molecular complexity index is 627. The van der Waals surface area contributed by atoms with E-state index in [1.165, 1.54) is 0 Å². The van der Waals surface area contributed by atoms with E-state index in [0.717, 1.165) is 14.9 Å². The van der Waals surface area contributed by atoms with Crippen LogP contribution in [0.4, 0.5) is 0 Å². The predicted octanol–water partition coefficient (Wildman–Crippen LogP) is 3.39. The smallest absolute Gasteiger partial charge is 0.224 e. The van der Waals surface area contributed by atoms with Gasteiger partial charge in [-0.25, -0.2) is 0 Å². The van der Waals surface area contributed by atoms with Crippen molar-refractivity contribution < 1.29 is 14.3 Å². The summed E-state index contributed by atoms with van der Waals surface area (Å²) >= 11 is 5.00. The van der Waals surface area contributed by atoms with Gasteiger partial charge >= 0.3 is 0 Å². The number of rotatable bonds is 6. The summed E-state index contributed by atoms with van der Waals surface area (Å²) in [4.78, 5) is 13.2. The minimum atomic E-state index is -0.0499. The standard InChI is InChI=1S/C15H16BrNO3S/c1-19-12-3-4-14(20-2)10(5-12)6-15(18)17-8-13-7-11(16)9-21-13/h3-5,7,9H,6,8H2,1-2H3,(H,17,18). The maximum absolute atomic E-state index is 12.0. The molecule has 0 aliphatic rings. The summed E-state index contributed by atoms with van der Waals surface area (Å²) in [5.41, 5.74) is 0.807. The summed E-state index contributed by atoms with van der Waals surface area (Å²) in [5, 5.41) is 4.90. The van der Waals surface area contributed by atoms with Crippen LogP contribution in [0.2, 0.25) is 0 Å². The van der Waals surface area contributed by atoms with Crippen molar-refractivity contribution in [3.8, 4) is 11.5 Å². The molecular formula is C15H16BrNO3S. The highest BCUT2D eigenvalue weighted by atomic mass is 79.9. The fourth-order valence-electron chi connectivity index (χ4n) is 1.89. The third-order valence-corrected chi connectivity index (χ3v) is 4.62. The number of thiophene rings is 1. The number of carbonyl (C=O) groups is 1. The van der Waals surface area contributed by atoms with E-state index in [0.29, 0.717) is 18.0 Å². The second-order valence-electron chi connectivity index (χ2n) is 4.36. The average Bonchev–Trinajstić information content (AvgIpc) is 2.90. The molecule has 4 nitrogen and oxygen atoms in total. The monoisotopic (exact) mass is 369 g/mol. The highest BCUT2D eigenvalue weighted by molar-refractivity contribution is 9.10. The predicted molar refractivity (Wildman–Crippen MR) is 87.1 cm³/mol. The number of methoxy groups -OCH3 is 2. The number of halogens is 1. The largest absolute Gasteiger partial charge is 0.497 e. The second-order valence-corrected chi connectivity index (χ2v) is 6.27. The minimum absolute atomic E-state index is 0.0499. The summed E-state index contributed by atoms with van der Waals surface area (Å²) in [6, 6.07) is 7.43. The molecule has 1 amide bonds. The first kappa shape index (κ1) is 15.9. The molecule has 2 rings (SSSR count). The lowest BCUT2D eigenvalue weighted by atomic mass is 10.1. The van der Waals surface area contributed by atoms with Gasteiger partial charge in [0.05, 0.1) is 27.2 Å². The number of hydrogen-bond donors (Lipinski definition) is 1. The van der Waals surface area contributed by atoms with E-state index in [1.807, 2.05) is 23.6 Å². The minimum Gasteiger partial charge on any atom is -0.497 e. The van der Waals surface area contributed by atoms with Gasteiger partial charge in [0.25, 0.3) is 0 Å². The first-order chi connectivity index (χ1) is 10.1. The Morgan fingerprint density at radius 2 is 2.10 bits per heavy atom. The highest BCUT2D eigenvalue weighted by Crippen LogP contribution is 2.24. The van der Waals surface area contributed by atoms with Crippen molar-refractivity contribution >= 4 is 33.2 Å². The first-order valence-electron chi connectivity index (χ1n) is 6.33. The van der Waals surface area contributed by atoms with Gasteiger partial charge in [-0.15, -0.1) is 11.3 Å². The molecule has 0 radical (unpaired) electrons. The Morgan fingerprint density at radius 3 is 2.71 bits per heavy atom. The summed E-state index contributed by atoms with van der Waals surface area (Å²) in [5.74, 6) is 1.34. The van der Waals surface area contributed by atoms with E-state index >= 15 is 0 Å². The number of benzene rings is 1. The van der Waals surface area contributed by atoms with E-state index in [2.05, 4.69) is 21.2 Å². The van der Waals surface area contributed by atoms with Crippen molar-refractivity contribution in [2.45, 2.75) is 13.0 Å². The van der Waals surface area contributed by atoms with Crippen LogP contribution in [0, 0.1) is 0 Å². The van der Waals surface area contributed by atoms with Crippen LogP contribution in [0.5, 0.6) is 11.5 Å². The van der Waals surface area contributed by atoms with Crippen molar-refractivity contribution in [1.29, 1.82) is 0 Å². The number of nitrogens with one attached hydrogen (secondary N) is 1. The molecule has 1 heterocycles. The van der Waals surface area contributed by atoms with Crippen LogP contribution < -0.4 is 14.8 Å². The molecule has 0 aliphatic carbocycles. The van der Waals surface area contributed by atoms with Crippen LogP contribution in [0.25, 0.3) is 0 Å². The Kier molecular flexibility index (Phi) is 5.64. The first-order valence-corrected chi connectivity index (χ1v) is 8.00. The Labute approximate surface area is 136 Å². The van der Waals surface area contributed by atoms with E-state index < -0.39 is 0 Å². The van der Waals surface area contributed by atoms with Crippen molar-refractivity contribution in [2.24, 2.45) is 0 Å². The molecule has 1 N–H and O–H groups in total. The van der Waals surface area contributed by atoms with E-state index in [9.17, 15) is 4.79 Å². The molecule has 0 atom stereocenters. The number of carbonyl (C=O) groups excluding carboxylic acids is 1. The molecule has 0 spiro atoms. The summed E-state index contributed by atoms with van der Waals surface area (Å²) in [7, 11) is 3.19. The summed E-state index contributed by atoms with van der Waals surface area (Å²) in [6.07, 6.45) is 0.257. The van der Waals surface area contributed by atoms with Gasteiger partial charge in [-0.1, -0.05) is 0 Å². The molecule has 0 aliphatic heterocycles. The topological polar surface area (TPSA) is 47.6 Å². The molecule has 1 aromatic carbocycles. The van der Waals surface area contributed by atoms with Crippen molar-refractivity contribution in [2.75, 3.05) is 14.2 Å². The van der Waals surface area contributed by atoms with Crippen molar-refractivity contribution in [1.82, 2.24) is 5.32 Å². The van der Waals surface area contributed by atoms with Crippen LogP contribution in [0.3, 0.4) is 0 Å². The molecule has 0 saturated carbocycles. The maximum atomic E-state index is 12.0. The van der Waals surface area contributed by atoms with Gasteiger partial charge < -0.3 is 14.8 Å².